The molecule has 0 aliphatic carbocycles. The third-order valence-electron chi connectivity index (χ3n) is 3.50. The minimum Gasteiger partial charge on any atom is -0.332 e. The molecular weight excluding hydrogens is 308 g/mol. The van der Waals surface area contributed by atoms with Crippen LogP contribution in [0.15, 0.2) is 47.9 Å². The van der Waals surface area contributed by atoms with E-state index < -0.39 is 0 Å². The van der Waals surface area contributed by atoms with Gasteiger partial charge in [0, 0.05) is 11.9 Å². The van der Waals surface area contributed by atoms with Gasteiger partial charge in [0.2, 0.25) is 5.91 Å². The van der Waals surface area contributed by atoms with Crippen molar-refractivity contribution in [1.29, 1.82) is 0 Å². The minimum atomic E-state index is -0.204. The van der Waals surface area contributed by atoms with Gasteiger partial charge in [-0.05, 0) is 31.5 Å². The molecule has 2 heterocycles. The molecule has 2 aromatic heterocycles. The lowest BCUT2D eigenvalue weighted by Gasteiger charge is -2.13. The highest BCUT2D eigenvalue weighted by molar-refractivity contribution is 8.00. The standard InChI is InChI=1S/C17H18N4OS/c1-3-15(16(22)19-12-6-4-11(2)5-7-12)23-17-20-13-8-9-18-10-14(13)21-17/h4-10,15H,3H2,1-2H3,(H,19,22)(H,20,21). The number of anilines is 1. The van der Waals surface area contributed by atoms with Gasteiger partial charge in [-0.1, -0.05) is 36.4 Å². The van der Waals surface area contributed by atoms with Crippen LogP contribution in [0, 0.1) is 6.92 Å². The van der Waals surface area contributed by atoms with E-state index >= 15 is 0 Å². The maximum absolute atomic E-state index is 12.5. The van der Waals surface area contributed by atoms with Crippen LogP contribution in [-0.2, 0) is 4.79 Å². The van der Waals surface area contributed by atoms with E-state index in [1.165, 1.54) is 17.3 Å². The van der Waals surface area contributed by atoms with Gasteiger partial charge in [0.25, 0.3) is 0 Å². The topological polar surface area (TPSA) is 70.7 Å². The second-order valence-electron chi connectivity index (χ2n) is 5.30. The fraction of sp³-hybridized carbons (Fsp3) is 0.235. The van der Waals surface area contributed by atoms with E-state index in [2.05, 4.69) is 20.3 Å². The lowest BCUT2D eigenvalue weighted by molar-refractivity contribution is -0.115. The molecule has 1 amide bonds. The number of aromatic nitrogens is 3. The van der Waals surface area contributed by atoms with Crippen molar-refractivity contribution in [3.63, 3.8) is 0 Å². The van der Waals surface area contributed by atoms with Crippen LogP contribution in [0.3, 0.4) is 0 Å². The summed E-state index contributed by atoms with van der Waals surface area (Å²) in [5.74, 6) is -0.0139. The number of benzene rings is 1. The predicted molar refractivity (Wildman–Crippen MR) is 93.6 cm³/mol. The molecule has 118 valence electrons. The zero-order chi connectivity index (χ0) is 16.2. The van der Waals surface area contributed by atoms with Crippen molar-refractivity contribution in [2.24, 2.45) is 0 Å². The zero-order valence-corrected chi connectivity index (χ0v) is 13.9. The van der Waals surface area contributed by atoms with Crippen LogP contribution in [0.5, 0.6) is 0 Å². The number of aromatic amines is 1. The average molecular weight is 326 g/mol. The minimum absolute atomic E-state index is 0.0139. The molecule has 2 N–H and O–H groups in total. The monoisotopic (exact) mass is 326 g/mol. The van der Waals surface area contributed by atoms with Crippen molar-refractivity contribution in [2.45, 2.75) is 30.7 Å². The van der Waals surface area contributed by atoms with Crippen LogP contribution in [0.1, 0.15) is 18.9 Å². The van der Waals surface area contributed by atoms with E-state index in [0.29, 0.717) is 0 Å². The van der Waals surface area contributed by atoms with Gasteiger partial charge in [0.15, 0.2) is 5.16 Å². The SMILES string of the molecule is CCC(Sc1nc2ccncc2[nH]1)C(=O)Nc1ccc(C)cc1. The summed E-state index contributed by atoms with van der Waals surface area (Å²) in [6, 6.07) is 9.64. The predicted octanol–water partition coefficient (Wildman–Crippen LogP) is 3.78. The van der Waals surface area contributed by atoms with E-state index in [-0.39, 0.29) is 11.2 Å². The Bertz CT molecular complexity index is 780. The van der Waals surface area contributed by atoms with Gasteiger partial charge in [0.1, 0.15) is 0 Å². The number of carbonyl (C=O) groups is 1. The van der Waals surface area contributed by atoms with E-state index in [1.54, 1.807) is 12.4 Å². The van der Waals surface area contributed by atoms with Crippen LogP contribution in [-0.4, -0.2) is 26.1 Å². The summed E-state index contributed by atoms with van der Waals surface area (Å²) in [4.78, 5) is 24.2. The Morgan fingerprint density at radius 1 is 1.30 bits per heavy atom. The highest BCUT2D eigenvalue weighted by Crippen LogP contribution is 2.26. The van der Waals surface area contributed by atoms with Crippen LogP contribution < -0.4 is 5.32 Å². The van der Waals surface area contributed by atoms with Gasteiger partial charge in [-0.25, -0.2) is 4.98 Å². The van der Waals surface area contributed by atoms with Crippen LogP contribution >= 0.6 is 11.8 Å². The van der Waals surface area contributed by atoms with E-state index in [1.807, 2.05) is 44.2 Å². The van der Waals surface area contributed by atoms with Crippen molar-refractivity contribution in [2.75, 3.05) is 5.32 Å². The summed E-state index contributed by atoms with van der Waals surface area (Å²) in [5, 5.41) is 3.49. The molecule has 0 radical (unpaired) electrons. The molecule has 0 saturated heterocycles. The number of aryl methyl sites for hydroxylation is 1. The molecule has 0 saturated carbocycles. The average Bonchev–Trinajstić information content (AvgIpc) is 2.97. The summed E-state index contributed by atoms with van der Waals surface area (Å²) in [7, 11) is 0. The van der Waals surface area contributed by atoms with Crippen molar-refractivity contribution in [3.05, 3.63) is 48.3 Å². The Morgan fingerprint density at radius 2 is 2.09 bits per heavy atom. The number of hydrogen-bond donors (Lipinski definition) is 2. The van der Waals surface area contributed by atoms with Crippen LogP contribution in [0.2, 0.25) is 0 Å². The first-order valence-electron chi connectivity index (χ1n) is 7.49. The normalized spacial score (nSPS) is 12.3. The molecule has 1 unspecified atom stereocenters. The third kappa shape index (κ3) is 3.71. The summed E-state index contributed by atoms with van der Waals surface area (Å²) in [5.41, 5.74) is 3.72. The molecule has 5 nitrogen and oxygen atoms in total. The quantitative estimate of drug-likeness (QED) is 0.700. The Labute approximate surface area is 138 Å². The largest absolute Gasteiger partial charge is 0.332 e. The van der Waals surface area contributed by atoms with Gasteiger partial charge < -0.3 is 10.3 Å². The van der Waals surface area contributed by atoms with Crippen molar-refractivity contribution >= 4 is 34.4 Å². The Balaban J connectivity index is 1.71. The lowest BCUT2D eigenvalue weighted by atomic mass is 10.2. The second-order valence-corrected chi connectivity index (χ2v) is 6.50. The van der Waals surface area contributed by atoms with Gasteiger partial charge in [-0.15, -0.1) is 0 Å². The Morgan fingerprint density at radius 3 is 2.78 bits per heavy atom. The van der Waals surface area contributed by atoms with Gasteiger partial charge in [-0.2, -0.15) is 0 Å². The van der Waals surface area contributed by atoms with E-state index in [9.17, 15) is 4.79 Å². The molecule has 0 aliphatic rings. The van der Waals surface area contributed by atoms with E-state index in [0.717, 1.165) is 28.3 Å². The smallest absolute Gasteiger partial charge is 0.237 e. The fourth-order valence-electron chi connectivity index (χ4n) is 2.21. The molecule has 1 aromatic carbocycles. The maximum Gasteiger partial charge on any atom is 0.237 e. The number of pyridine rings is 1. The van der Waals surface area contributed by atoms with E-state index in [4.69, 9.17) is 0 Å². The first kappa shape index (κ1) is 15.6. The molecule has 0 fully saturated rings. The first-order chi connectivity index (χ1) is 11.2. The second kappa shape index (κ2) is 6.83. The van der Waals surface area contributed by atoms with Crippen molar-refractivity contribution in [1.82, 2.24) is 15.0 Å². The number of H-pyrrole nitrogens is 1. The molecule has 0 spiro atoms. The first-order valence-corrected chi connectivity index (χ1v) is 8.37. The molecular formula is C17H18N4OS. The number of thioether (sulfide) groups is 1. The number of hydrogen-bond acceptors (Lipinski definition) is 4. The van der Waals surface area contributed by atoms with Crippen LogP contribution in [0.25, 0.3) is 11.0 Å². The number of carbonyl (C=O) groups excluding carboxylic acids is 1. The van der Waals surface area contributed by atoms with Crippen molar-refractivity contribution in [3.8, 4) is 0 Å². The number of nitrogens with one attached hydrogen (secondary N) is 2. The number of nitrogens with zero attached hydrogens (tertiary/aromatic N) is 2. The molecule has 3 rings (SSSR count). The summed E-state index contributed by atoms with van der Waals surface area (Å²) >= 11 is 1.44. The molecule has 1 atom stereocenters. The van der Waals surface area contributed by atoms with Gasteiger partial charge in [-0.3, -0.25) is 9.78 Å². The van der Waals surface area contributed by atoms with Gasteiger partial charge >= 0.3 is 0 Å². The summed E-state index contributed by atoms with van der Waals surface area (Å²) < 4.78 is 0. The highest BCUT2D eigenvalue weighted by atomic mass is 32.2. The molecule has 23 heavy (non-hydrogen) atoms. The molecule has 0 aliphatic heterocycles. The summed E-state index contributed by atoms with van der Waals surface area (Å²) in [6.45, 7) is 4.02. The number of imidazole rings is 1. The Kier molecular flexibility index (Phi) is 4.62. The van der Waals surface area contributed by atoms with Gasteiger partial charge in [0.05, 0.1) is 22.5 Å². The Hall–Kier alpha value is -2.34. The summed E-state index contributed by atoms with van der Waals surface area (Å²) in [6.07, 6.45) is 4.16. The highest BCUT2D eigenvalue weighted by Gasteiger charge is 2.20. The zero-order valence-electron chi connectivity index (χ0n) is 13.0. The number of amides is 1. The van der Waals surface area contributed by atoms with Crippen LogP contribution in [0.4, 0.5) is 5.69 Å². The number of fused-ring (bicyclic) bond motifs is 1. The molecule has 0 bridgehead atoms. The maximum atomic E-state index is 12.5. The third-order valence-corrected chi connectivity index (χ3v) is 4.75. The fourth-order valence-corrected chi connectivity index (χ4v) is 3.13. The lowest BCUT2D eigenvalue weighted by Crippen LogP contribution is -2.24. The number of rotatable bonds is 5. The molecule has 3 aromatic rings. The van der Waals surface area contributed by atoms with Crippen molar-refractivity contribution < 1.29 is 4.79 Å². The molecule has 6 heteroatoms.